The summed E-state index contributed by atoms with van der Waals surface area (Å²) < 4.78 is 0. The first kappa shape index (κ1) is 14.5. The van der Waals surface area contributed by atoms with Crippen molar-refractivity contribution < 1.29 is 5.11 Å². The smallest absolute Gasteiger partial charge is 0.106 e. The van der Waals surface area contributed by atoms with Gasteiger partial charge >= 0.3 is 0 Å². The Morgan fingerprint density at radius 3 is 3.05 bits per heavy atom. The van der Waals surface area contributed by atoms with E-state index in [9.17, 15) is 5.11 Å². The van der Waals surface area contributed by atoms with Crippen LogP contribution in [0.5, 0.6) is 0 Å². The van der Waals surface area contributed by atoms with Crippen LogP contribution in [0.25, 0.3) is 0 Å². The lowest BCUT2D eigenvalue weighted by molar-refractivity contribution is 0.171. The summed E-state index contributed by atoms with van der Waals surface area (Å²) in [6, 6.07) is -0.0202. The summed E-state index contributed by atoms with van der Waals surface area (Å²) in [6.07, 6.45) is 5.40. The van der Waals surface area contributed by atoms with Gasteiger partial charge in [-0.25, -0.2) is 4.98 Å². The van der Waals surface area contributed by atoms with Crippen LogP contribution in [-0.2, 0) is 6.42 Å². The molecular formula is C13H25N5O. The highest BCUT2D eigenvalue weighted by Crippen LogP contribution is 2.10. The van der Waals surface area contributed by atoms with E-state index in [0.717, 1.165) is 45.0 Å². The summed E-state index contributed by atoms with van der Waals surface area (Å²) in [6.45, 7) is 5.17. The number of aromatic nitrogens is 2. The van der Waals surface area contributed by atoms with Crippen molar-refractivity contribution in [2.24, 2.45) is 11.7 Å². The van der Waals surface area contributed by atoms with Gasteiger partial charge in [-0.2, -0.15) is 0 Å². The number of H-pyrrole nitrogens is 1. The molecule has 1 aromatic rings. The van der Waals surface area contributed by atoms with E-state index in [4.69, 9.17) is 5.73 Å². The molecule has 0 amide bonds. The van der Waals surface area contributed by atoms with Crippen LogP contribution in [0.2, 0.25) is 0 Å². The third-order valence-electron chi connectivity index (χ3n) is 3.75. The van der Waals surface area contributed by atoms with Crippen molar-refractivity contribution in [3.05, 3.63) is 18.2 Å². The molecule has 5 N–H and O–H groups in total. The number of hydrogen-bond acceptors (Lipinski definition) is 5. The molecule has 0 saturated carbocycles. The Balaban J connectivity index is 1.83. The fraction of sp³-hybridized carbons (Fsp3) is 0.769. The molecule has 0 aliphatic carbocycles. The lowest BCUT2D eigenvalue weighted by Gasteiger charge is -2.28. The van der Waals surface area contributed by atoms with Gasteiger partial charge in [0.2, 0.25) is 0 Å². The molecule has 1 aliphatic rings. The molecule has 2 rings (SSSR count). The zero-order chi connectivity index (χ0) is 13.5. The van der Waals surface area contributed by atoms with Crippen LogP contribution in [0.3, 0.4) is 0 Å². The summed E-state index contributed by atoms with van der Waals surface area (Å²) >= 11 is 0. The van der Waals surface area contributed by atoms with Gasteiger partial charge < -0.3 is 26.0 Å². The van der Waals surface area contributed by atoms with E-state index >= 15 is 0 Å². The Morgan fingerprint density at radius 2 is 2.32 bits per heavy atom. The molecule has 108 valence electrons. The molecule has 0 aromatic carbocycles. The summed E-state index contributed by atoms with van der Waals surface area (Å²) in [5, 5.41) is 12.9. The van der Waals surface area contributed by atoms with Crippen LogP contribution < -0.4 is 11.1 Å². The third-order valence-corrected chi connectivity index (χ3v) is 3.75. The minimum Gasteiger partial charge on any atom is -0.396 e. The van der Waals surface area contributed by atoms with Gasteiger partial charge in [-0.15, -0.1) is 0 Å². The van der Waals surface area contributed by atoms with Crippen LogP contribution in [0.15, 0.2) is 12.4 Å². The van der Waals surface area contributed by atoms with Gasteiger partial charge in [-0.1, -0.05) is 0 Å². The molecule has 1 aromatic heterocycles. The predicted molar refractivity (Wildman–Crippen MR) is 74.8 cm³/mol. The van der Waals surface area contributed by atoms with Crippen molar-refractivity contribution in [2.75, 3.05) is 39.3 Å². The molecule has 2 heterocycles. The zero-order valence-corrected chi connectivity index (χ0v) is 11.4. The van der Waals surface area contributed by atoms with Crippen molar-refractivity contribution in [1.29, 1.82) is 0 Å². The number of aliphatic hydroxyl groups excluding tert-OH is 1. The van der Waals surface area contributed by atoms with Crippen molar-refractivity contribution in [3.63, 3.8) is 0 Å². The summed E-state index contributed by atoms with van der Waals surface area (Å²) in [7, 11) is 0. The molecule has 1 fully saturated rings. The van der Waals surface area contributed by atoms with Crippen molar-refractivity contribution in [1.82, 2.24) is 20.2 Å². The molecule has 2 atom stereocenters. The first-order chi connectivity index (χ1) is 9.29. The number of hydrogen-bond donors (Lipinski definition) is 4. The topological polar surface area (TPSA) is 90.2 Å². The van der Waals surface area contributed by atoms with E-state index in [2.05, 4.69) is 20.2 Å². The highest BCUT2D eigenvalue weighted by molar-refractivity contribution is 4.92. The van der Waals surface area contributed by atoms with Gasteiger partial charge in [0.1, 0.15) is 5.82 Å². The molecule has 0 radical (unpaired) electrons. The standard InChI is InChI=1S/C13H25N5O/c14-12(9-18-6-1-2-15-5-7-18)11(10-19)8-13-16-3-4-17-13/h3-4,11-12,15,19H,1-2,5-10,14H2,(H,16,17). The fourth-order valence-electron chi connectivity index (χ4n) is 2.54. The largest absolute Gasteiger partial charge is 0.396 e. The van der Waals surface area contributed by atoms with E-state index < -0.39 is 0 Å². The molecular weight excluding hydrogens is 242 g/mol. The minimum absolute atomic E-state index is 0.0202. The van der Waals surface area contributed by atoms with Gasteiger partial charge in [0.25, 0.3) is 0 Å². The highest BCUT2D eigenvalue weighted by Gasteiger charge is 2.21. The Hall–Kier alpha value is -0.950. The minimum atomic E-state index is -0.0202. The Bertz CT molecular complexity index is 335. The summed E-state index contributed by atoms with van der Waals surface area (Å²) in [4.78, 5) is 9.66. The van der Waals surface area contributed by atoms with Crippen molar-refractivity contribution in [3.8, 4) is 0 Å². The van der Waals surface area contributed by atoms with E-state index in [1.807, 2.05) is 0 Å². The van der Waals surface area contributed by atoms with Gasteiger partial charge in [0.15, 0.2) is 0 Å². The Morgan fingerprint density at radius 1 is 1.42 bits per heavy atom. The number of rotatable bonds is 6. The molecule has 2 unspecified atom stereocenters. The van der Waals surface area contributed by atoms with Crippen LogP contribution in [0.1, 0.15) is 12.2 Å². The number of imidazole rings is 1. The second-order valence-corrected chi connectivity index (χ2v) is 5.25. The van der Waals surface area contributed by atoms with Crippen LogP contribution in [0.4, 0.5) is 0 Å². The monoisotopic (exact) mass is 267 g/mol. The first-order valence-electron chi connectivity index (χ1n) is 7.07. The summed E-state index contributed by atoms with van der Waals surface area (Å²) in [5.41, 5.74) is 6.26. The van der Waals surface area contributed by atoms with Crippen LogP contribution >= 0.6 is 0 Å². The second-order valence-electron chi connectivity index (χ2n) is 5.25. The number of aliphatic hydroxyl groups is 1. The molecule has 6 heteroatoms. The first-order valence-corrected chi connectivity index (χ1v) is 7.07. The van der Waals surface area contributed by atoms with Crippen LogP contribution in [0, 0.1) is 5.92 Å². The predicted octanol–water partition coefficient (Wildman–Crippen LogP) is -0.817. The van der Waals surface area contributed by atoms with Crippen LogP contribution in [-0.4, -0.2) is 65.3 Å². The average molecular weight is 267 g/mol. The lowest BCUT2D eigenvalue weighted by Crippen LogP contribution is -2.45. The molecule has 19 heavy (non-hydrogen) atoms. The fourth-order valence-corrected chi connectivity index (χ4v) is 2.54. The summed E-state index contributed by atoms with van der Waals surface area (Å²) in [5.74, 6) is 0.953. The Labute approximate surface area is 114 Å². The molecule has 1 aliphatic heterocycles. The van der Waals surface area contributed by atoms with E-state index in [1.165, 1.54) is 0 Å². The quantitative estimate of drug-likeness (QED) is 0.541. The maximum Gasteiger partial charge on any atom is 0.106 e. The maximum absolute atomic E-state index is 9.53. The molecule has 0 spiro atoms. The van der Waals surface area contributed by atoms with Gasteiger partial charge in [-0.05, 0) is 19.5 Å². The van der Waals surface area contributed by atoms with Gasteiger partial charge in [-0.3, -0.25) is 0 Å². The normalized spacial score (nSPS) is 20.9. The molecule has 1 saturated heterocycles. The van der Waals surface area contributed by atoms with E-state index in [1.54, 1.807) is 12.4 Å². The van der Waals surface area contributed by atoms with E-state index in [-0.39, 0.29) is 18.6 Å². The van der Waals surface area contributed by atoms with Gasteiger partial charge in [0, 0.05) is 57.0 Å². The SMILES string of the molecule is NC(CN1CCCNCC1)C(CO)Cc1ncc[nH]1. The lowest BCUT2D eigenvalue weighted by atomic mass is 9.96. The maximum atomic E-state index is 9.53. The molecule has 6 nitrogen and oxygen atoms in total. The third kappa shape index (κ3) is 4.58. The molecule has 0 bridgehead atoms. The number of nitrogens with zero attached hydrogens (tertiary/aromatic N) is 2. The van der Waals surface area contributed by atoms with Crippen molar-refractivity contribution >= 4 is 0 Å². The van der Waals surface area contributed by atoms with E-state index in [0.29, 0.717) is 6.42 Å². The second kappa shape index (κ2) is 7.59. The number of nitrogens with two attached hydrogens (primary N) is 1. The average Bonchev–Trinajstić information content (AvgIpc) is 2.79. The highest BCUT2D eigenvalue weighted by atomic mass is 16.3. The number of nitrogens with one attached hydrogen (secondary N) is 2. The van der Waals surface area contributed by atoms with Crippen molar-refractivity contribution in [2.45, 2.75) is 18.9 Å². The zero-order valence-electron chi connectivity index (χ0n) is 11.4. The number of aromatic amines is 1. The van der Waals surface area contributed by atoms with Gasteiger partial charge in [0.05, 0.1) is 0 Å². The Kier molecular flexibility index (Phi) is 5.78.